The summed E-state index contributed by atoms with van der Waals surface area (Å²) in [5.74, 6) is 0. The first-order valence-electron chi connectivity index (χ1n) is 0. The third kappa shape index (κ3) is 0. The summed E-state index contributed by atoms with van der Waals surface area (Å²) >= 11 is 0. The zero-order valence-corrected chi connectivity index (χ0v) is 0. The fraction of sp³-hybridized carbons (Fsp3) is 1.00. The van der Waals surface area contributed by atoms with E-state index in [0.717, 1.165) is 0 Å². The lowest BCUT2D eigenvalue weighted by Crippen LogP contribution is 0.143. The molecule has 0 radical (unpaired) electrons. The van der Waals surface area contributed by atoms with Crippen molar-refractivity contribution in [2.45, 2.75) is 89.1 Å². The minimum Gasteiger partial charge on any atom is -0.0776 e. The van der Waals surface area contributed by atoms with E-state index in [4.69, 9.17) is 0 Å². The Hall–Kier alpha value is 0. The van der Waals surface area contributed by atoms with E-state index in [1.54, 1.807) is 0 Å². The molecule has 0 aliphatic heterocycles. The lowest BCUT2D eigenvalue weighted by Gasteiger charge is -0.0786. The van der Waals surface area contributed by atoms with Gasteiger partial charge in [-0.1, -0.05) is 89.1 Å². The van der Waals surface area contributed by atoms with Crippen LogP contribution in [0.4, 0.5) is 0 Å². The lowest BCUT2D eigenvalue weighted by atomic mass is 12.0. The highest BCUT2D eigenvalue weighted by Gasteiger charge is -0.0666. The van der Waals surface area contributed by atoms with E-state index in [9.17, 15) is 0 Å². The smallest absolute Gasteiger partial charge is 0 e. The van der Waals surface area contributed by atoms with E-state index in [2.05, 4.69) is 0 Å². The maximum atomic E-state index is 0. The molecule has 0 fully saturated rings. The normalized spacial score (nSPS) is 0. The largest absolute Gasteiger partial charge is 0.0776 e. The van der Waals surface area contributed by atoms with Crippen LogP contribution in [0, 0.1) is 0 Å². The molecule has 0 amide bonds. The lowest BCUT2D eigenvalue weighted by molar-refractivity contribution is 2.50. The van der Waals surface area contributed by atoms with Crippen LogP contribution in [0.1, 0.15) is 90.5 Å². The Labute approximate surface area is 91.3 Å². The Balaban J connectivity index is 0. The molecule has 0 aromatic carbocycles. The van der Waals surface area contributed by atoms with E-state index in [0.29, 0.717) is 0 Å². The molecule has 0 spiro atoms. The molecule has 0 heteroatoms. The molecule has 0 aromatic rings. The molecular formula is C12H50. The van der Waals surface area contributed by atoms with Gasteiger partial charge in [-0.25, -0.2) is 0 Å². The van der Waals surface area contributed by atoms with Gasteiger partial charge in [-0.2, -0.15) is 0 Å². The molecule has 0 aliphatic rings. The molecule has 0 nitrogen and oxygen atoms in total. The van der Waals surface area contributed by atoms with E-state index < -0.39 is 0 Å². The first kappa shape index (κ1) is 0. The van der Waals surface area contributed by atoms with E-state index in [1.807, 2.05) is 0 Å². The Bertz CT molecular complexity index is 5.09. The van der Waals surface area contributed by atoms with Gasteiger partial charge in [0.2, 0.25) is 0 Å². The Morgan fingerprint density at radius 3 is 0.167 bits per heavy atom. The highest BCUT2D eigenvalue weighted by atomic mass is 12.0. The molecule has 0 rings (SSSR count). The van der Waals surface area contributed by atoms with Crippen molar-refractivity contribution in [1.82, 2.24) is 0 Å². The molecule has 0 bridgehead atoms. The highest BCUT2D eigenvalue weighted by Crippen LogP contribution is 0.155. The maximum Gasteiger partial charge on any atom is 0 e. The predicted octanol–water partition coefficient (Wildman–Crippen LogP) is 7.88. The van der Waals surface area contributed by atoms with Crippen molar-refractivity contribution in [3.63, 3.8) is 0 Å². The first-order valence-corrected chi connectivity index (χ1v) is 0. The topological polar surface area (TPSA) is 0 Å². The Kier molecular flexibility index (Phi) is 0. The van der Waals surface area contributed by atoms with Gasteiger partial charge in [0.1, 0.15) is 0 Å². The van der Waals surface area contributed by atoms with Crippen molar-refractivity contribution >= 4 is 0 Å². The van der Waals surface area contributed by atoms with Crippen molar-refractivity contribution in [2.75, 3.05) is 0 Å². The second-order valence-corrected chi connectivity index (χ2v) is 0. The predicted molar refractivity (Wildman–Crippen MR) is 82.9 cm³/mol. The first-order chi connectivity index (χ1) is 0. The van der Waals surface area contributed by atoms with Crippen molar-refractivity contribution in [1.29, 1.82) is 0 Å². The van der Waals surface area contributed by atoms with E-state index in [-0.39, 0.29) is 90.5 Å². The van der Waals surface area contributed by atoms with Gasteiger partial charge < -0.3 is 0 Å². The molecule has 0 atom stereocenters. The molecular weight excluding hydrogens is 144 g/mol. The van der Waals surface area contributed by atoms with Gasteiger partial charge in [0.15, 0.2) is 0 Å². The fourth-order valence-electron chi connectivity index (χ4n) is 0. The second kappa shape index (κ2) is 0. The van der Waals surface area contributed by atoms with Gasteiger partial charge in [0, 0.05) is 1.43 Å². The van der Waals surface area contributed by atoms with Crippen LogP contribution in [0.2, 0.25) is 0 Å². The quantitative estimate of drug-likeness (QED) is 0.369. The maximum absolute atomic E-state index is 0. The van der Waals surface area contributed by atoms with Crippen LogP contribution in [-0.2, 0) is 0 Å². The summed E-state index contributed by atoms with van der Waals surface area (Å²) in [5, 5.41) is 0. The molecule has 12 heavy (non-hydrogen) atoms. The SMILES string of the molecule is C.C.C.C.C.C.C.C.C.C.C.C.[3HH]. The van der Waals surface area contributed by atoms with Crippen molar-refractivity contribution < 1.29 is 1.43 Å². The van der Waals surface area contributed by atoms with Gasteiger partial charge in [-0.15, -0.1) is 0 Å². The zero-order chi connectivity index (χ0) is 0. The number of hydrogen-bond donors (Lipinski definition) is 0. The zero-order valence-electron chi connectivity index (χ0n) is 0. The summed E-state index contributed by atoms with van der Waals surface area (Å²) < 4.78 is 0. The molecule has 0 saturated carbocycles. The van der Waals surface area contributed by atoms with Crippen molar-refractivity contribution in [3.05, 3.63) is 0 Å². The Morgan fingerprint density at radius 2 is 0.167 bits per heavy atom. The van der Waals surface area contributed by atoms with Crippen LogP contribution in [-0.4, -0.2) is 0 Å². The average molecular weight is 197 g/mol. The molecule has 0 saturated heterocycles. The van der Waals surface area contributed by atoms with Crippen molar-refractivity contribution in [3.8, 4) is 0 Å². The monoisotopic (exact) mass is 196 g/mol. The molecule has 0 aliphatic carbocycles. The van der Waals surface area contributed by atoms with Crippen LogP contribution in [0.15, 0.2) is 0 Å². The standard InChI is InChI=1S/12CH4.H2/h12*1H4;1H/i;;;;;;;;;;;;1+2. The van der Waals surface area contributed by atoms with Crippen LogP contribution in [0.25, 0.3) is 0 Å². The summed E-state index contributed by atoms with van der Waals surface area (Å²) in [5.41, 5.74) is 0. The fourth-order valence-corrected chi connectivity index (χ4v) is 0. The third-order valence-corrected chi connectivity index (χ3v) is 0. The third-order valence-electron chi connectivity index (χ3n) is 0. The molecule has 98 valence electrons. The molecule has 0 unspecified atom stereocenters. The van der Waals surface area contributed by atoms with Crippen LogP contribution < -0.4 is 0 Å². The summed E-state index contributed by atoms with van der Waals surface area (Å²) in [4.78, 5) is 0. The van der Waals surface area contributed by atoms with Crippen LogP contribution in [0.5, 0.6) is 0 Å². The van der Waals surface area contributed by atoms with Gasteiger partial charge in [0.25, 0.3) is 0 Å². The minimum atomic E-state index is 0. The molecule has 0 N–H and O–H groups in total. The number of rotatable bonds is 0. The summed E-state index contributed by atoms with van der Waals surface area (Å²) in [6, 6.07) is 0. The number of hydrogen-bond acceptors (Lipinski definition) is 0. The van der Waals surface area contributed by atoms with Crippen molar-refractivity contribution in [2.24, 2.45) is 0 Å². The molecule has 0 heterocycles. The minimum absolute atomic E-state index is 0. The summed E-state index contributed by atoms with van der Waals surface area (Å²) in [7, 11) is 0. The van der Waals surface area contributed by atoms with Crippen LogP contribution in [0.3, 0.4) is 0 Å². The van der Waals surface area contributed by atoms with E-state index in [1.165, 1.54) is 0 Å². The summed E-state index contributed by atoms with van der Waals surface area (Å²) in [6.45, 7) is 0. The molecule has 0 aromatic heterocycles. The Morgan fingerprint density at radius 1 is 0.167 bits per heavy atom. The van der Waals surface area contributed by atoms with Gasteiger partial charge in [-0.05, 0) is 0 Å². The van der Waals surface area contributed by atoms with Gasteiger partial charge in [-0.3, -0.25) is 0 Å². The van der Waals surface area contributed by atoms with E-state index >= 15 is 0 Å². The van der Waals surface area contributed by atoms with Gasteiger partial charge >= 0.3 is 0 Å². The van der Waals surface area contributed by atoms with Crippen LogP contribution >= 0.6 is 0 Å². The summed E-state index contributed by atoms with van der Waals surface area (Å²) in [6.07, 6.45) is 0. The second-order valence-electron chi connectivity index (χ2n) is 0. The average Bonchev–Trinajstić information content (AvgIpc) is 0. The van der Waals surface area contributed by atoms with Gasteiger partial charge in [0.05, 0.1) is 0 Å². The highest BCUT2D eigenvalue weighted by molar-refractivity contribution is 2.51.